The van der Waals surface area contributed by atoms with Gasteiger partial charge in [0.05, 0.1) is 23.6 Å². The standard InChI is InChI=1S/C30H37FN10/c1-38(2)23-10-12-40(13-11-23)24-8-9-27(32-19-24)36-28-18-25-26(20-33-28)35-30(34-22-6-4-21(31)5-7-22)37-29(25)41-16-14-39(3)15-17-41/h4-9,18-20,23H,10-17H2,1-3H3,(H,32,33,36)(H,34,35,37). The number of nitrogens with one attached hydrogen (secondary N) is 2. The predicted octanol–water partition coefficient (Wildman–Crippen LogP) is 4.33. The summed E-state index contributed by atoms with van der Waals surface area (Å²) in [5.41, 5.74) is 2.60. The molecule has 0 bridgehead atoms. The summed E-state index contributed by atoms with van der Waals surface area (Å²) in [6.07, 6.45) is 6.02. The van der Waals surface area contributed by atoms with Gasteiger partial charge in [0, 0.05) is 56.4 Å². The molecule has 6 rings (SSSR count). The zero-order chi connectivity index (χ0) is 28.3. The van der Waals surface area contributed by atoms with Crippen LogP contribution in [-0.2, 0) is 0 Å². The molecular formula is C30H37FN10. The average molecular weight is 557 g/mol. The maximum absolute atomic E-state index is 13.4. The third kappa shape index (κ3) is 6.31. The molecular weight excluding hydrogens is 519 g/mol. The van der Waals surface area contributed by atoms with E-state index in [0.717, 1.165) is 86.0 Å². The number of hydrogen-bond donors (Lipinski definition) is 2. The number of halogens is 1. The molecule has 2 N–H and O–H groups in total. The lowest BCUT2D eigenvalue weighted by atomic mass is 10.0. The Morgan fingerprint density at radius 3 is 2.22 bits per heavy atom. The van der Waals surface area contributed by atoms with Crippen molar-refractivity contribution >= 4 is 45.7 Å². The van der Waals surface area contributed by atoms with Crippen LogP contribution in [0, 0.1) is 5.82 Å². The van der Waals surface area contributed by atoms with Gasteiger partial charge in [-0.25, -0.2) is 19.3 Å². The summed E-state index contributed by atoms with van der Waals surface area (Å²) < 4.78 is 13.4. The Morgan fingerprint density at radius 2 is 1.54 bits per heavy atom. The minimum Gasteiger partial charge on any atom is -0.370 e. The highest BCUT2D eigenvalue weighted by atomic mass is 19.1. The van der Waals surface area contributed by atoms with Gasteiger partial charge in [0.2, 0.25) is 5.95 Å². The number of aromatic nitrogens is 4. The van der Waals surface area contributed by atoms with Crippen LogP contribution in [0.25, 0.3) is 10.9 Å². The van der Waals surface area contributed by atoms with E-state index in [1.165, 1.54) is 12.1 Å². The number of nitrogens with zero attached hydrogens (tertiary/aromatic N) is 8. The normalized spacial score (nSPS) is 16.9. The molecule has 0 radical (unpaired) electrons. The number of fused-ring (bicyclic) bond motifs is 1. The second-order valence-electron chi connectivity index (χ2n) is 11.1. The van der Waals surface area contributed by atoms with Crippen molar-refractivity contribution in [2.45, 2.75) is 18.9 Å². The molecule has 0 spiro atoms. The van der Waals surface area contributed by atoms with E-state index in [1.54, 1.807) is 18.3 Å². The number of piperazine rings is 1. The van der Waals surface area contributed by atoms with Crippen molar-refractivity contribution < 1.29 is 4.39 Å². The van der Waals surface area contributed by atoms with Crippen molar-refractivity contribution in [2.75, 3.05) is 80.8 Å². The molecule has 0 saturated carbocycles. The largest absolute Gasteiger partial charge is 0.370 e. The summed E-state index contributed by atoms with van der Waals surface area (Å²) in [4.78, 5) is 28.3. The van der Waals surface area contributed by atoms with Crippen molar-refractivity contribution in [3.63, 3.8) is 0 Å². The summed E-state index contributed by atoms with van der Waals surface area (Å²) in [6.45, 7) is 5.70. The van der Waals surface area contributed by atoms with Gasteiger partial charge in [-0.3, -0.25) is 0 Å². The van der Waals surface area contributed by atoms with E-state index in [-0.39, 0.29) is 5.82 Å². The van der Waals surface area contributed by atoms with Gasteiger partial charge in [0.1, 0.15) is 23.3 Å². The second kappa shape index (κ2) is 11.8. The molecule has 3 aromatic heterocycles. The highest BCUT2D eigenvalue weighted by molar-refractivity contribution is 5.92. The van der Waals surface area contributed by atoms with Gasteiger partial charge in [0.15, 0.2) is 0 Å². The topological polar surface area (TPSA) is 88.6 Å². The van der Waals surface area contributed by atoms with Gasteiger partial charge in [-0.2, -0.15) is 4.98 Å². The predicted molar refractivity (Wildman–Crippen MR) is 163 cm³/mol. The minimum atomic E-state index is -0.286. The lowest BCUT2D eigenvalue weighted by Crippen LogP contribution is -2.45. The lowest BCUT2D eigenvalue weighted by molar-refractivity contribution is 0.249. The number of benzene rings is 1. The summed E-state index contributed by atoms with van der Waals surface area (Å²) in [5.74, 6) is 2.43. The molecule has 214 valence electrons. The molecule has 2 fully saturated rings. The van der Waals surface area contributed by atoms with E-state index in [0.29, 0.717) is 17.8 Å². The first-order valence-corrected chi connectivity index (χ1v) is 14.2. The molecule has 2 aliphatic rings. The Balaban J connectivity index is 1.23. The zero-order valence-electron chi connectivity index (χ0n) is 23.9. The second-order valence-corrected chi connectivity index (χ2v) is 11.1. The highest BCUT2D eigenvalue weighted by Crippen LogP contribution is 2.30. The van der Waals surface area contributed by atoms with Crippen LogP contribution in [0.3, 0.4) is 0 Å². The highest BCUT2D eigenvalue weighted by Gasteiger charge is 2.22. The number of rotatable bonds is 7. The van der Waals surface area contributed by atoms with Crippen LogP contribution in [0.4, 0.5) is 39.2 Å². The van der Waals surface area contributed by atoms with Gasteiger partial charge < -0.3 is 30.2 Å². The van der Waals surface area contributed by atoms with E-state index < -0.39 is 0 Å². The van der Waals surface area contributed by atoms with Gasteiger partial charge in [-0.1, -0.05) is 0 Å². The Bertz CT molecular complexity index is 1460. The van der Waals surface area contributed by atoms with E-state index in [4.69, 9.17) is 9.97 Å². The molecule has 0 atom stereocenters. The van der Waals surface area contributed by atoms with Gasteiger partial charge in [0.25, 0.3) is 0 Å². The van der Waals surface area contributed by atoms with Crippen molar-refractivity contribution in [1.29, 1.82) is 0 Å². The summed E-state index contributed by atoms with van der Waals surface area (Å²) >= 11 is 0. The Labute approximate surface area is 240 Å². The van der Waals surface area contributed by atoms with Crippen LogP contribution in [0.15, 0.2) is 54.9 Å². The molecule has 2 saturated heterocycles. The lowest BCUT2D eigenvalue weighted by Gasteiger charge is -2.36. The van der Waals surface area contributed by atoms with Crippen LogP contribution >= 0.6 is 0 Å². The van der Waals surface area contributed by atoms with E-state index >= 15 is 0 Å². The first kappa shape index (κ1) is 27.1. The minimum absolute atomic E-state index is 0.286. The Morgan fingerprint density at radius 1 is 0.805 bits per heavy atom. The molecule has 11 heteroatoms. The fourth-order valence-electron chi connectivity index (χ4n) is 5.48. The van der Waals surface area contributed by atoms with E-state index in [1.807, 2.05) is 18.3 Å². The van der Waals surface area contributed by atoms with Crippen molar-refractivity contribution in [2.24, 2.45) is 0 Å². The first-order valence-electron chi connectivity index (χ1n) is 14.2. The smallest absolute Gasteiger partial charge is 0.229 e. The van der Waals surface area contributed by atoms with E-state index in [2.05, 4.69) is 67.4 Å². The SMILES string of the molecule is CN1CCN(c2nc(Nc3ccc(F)cc3)nc3cnc(Nc4ccc(N5CCC(N(C)C)CC5)cn4)cc23)CC1. The zero-order valence-corrected chi connectivity index (χ0v) is 23.9. The van der Waals surface area contributed by atoms with Crippen molar-refractivity contribution in [3.8, 4) is 0 Å². The number of hydrogen-bond acceptors (Lipinski definition) is 10. The van der Waals surface area contributed by atoms with E-state index in [9.17, 15) is 4.39 Å². The molecule has 5 heterocycles. The Hall–Kier alpha value is -4.09. The third-order valence-electron chi connectivity index (χ3n) is 8.03. The number of anilines is 6. The van der Waals surface area contributed by atoms with Crippen LogP contribution in [0.2, 0.25) is 0 Å². The summed E-state index contributed by atoms with van der Waals surface area (Å²) in [6, 6.07) is 12.9. The maximum Gasteiger partial charge on any atom is 0.229 e. The number of likely N-dealkylation sites (N-methyl/N-ethyl adjacent to an activating group) is 1. The fourth-order valence-corrected chi connectivity index (χ4v) is 5.48. The monoisotopic (exact) mass is 556 g/mol. The molecule has 2 aliphatic heterocycles. The fraction of sp³-hybridized carbons (Fsp3) is 0.400. The van der Waals surface area contributed by atoms with Gasteiger partial charge in [-0.05, 0) is 76.4 Å². The molecule has 10 nitrogen and oxygen atoms in total. The van der Waals surface area contributed by atoms with Crippen LogP contribution < -0.4 is 20.4 Å². The Kier molecular flexibility index (Phi) is 7.80. The van der Waals surface area contributed by atoms with Crippen LogP contribution in [0.5, 0.6) is 0 Å². The number of piperidine rings is 1. The third-order valence-corrected chi connectivity index (χ3v) is 8.03. The molecule has 0 unspecified atom stereocenters. The molecule has 0 aliphatic carbocycles. The van der Waals surface area contributed by atoms with Crippen LogP contribution in [0.1, 0.15) is 12.8 Å². The summed E-state index contributed by atoms with van der Waals surface area (Å²) in [5, 5.41) is 7.50. The quantitative estimate of drug-likeness (QED) is 0.343. The van der Waals surface area contributed by atoms with Crippen LogP contribution in [-0.4, -0.2) is 96.2 Å². The molecule has 41 heavy (non-hydrogen) atoms. The number of pyridine rings is 2. The first-order chi connectivity index (χ1) is 19.9. The molecule has 0 amide bonds. The average Bonchev–Trinajstić information content (AvgIpc) is 2.99. The molecule has 4 aromatic rings. The van der Waals surface area contributed by atoms with Crippen molar-refractivity contribution in [1.82, 2.24) is 29.7 Å². The van der Waals surface area contributed by atoms with Gasteiger partial charge >= 0.3 is 0 Å². The van der Waals surface area contributed by atoms with Crippen molar-refractivity contribution in [3.05, 3.63) is 60.7 Å². The maximum atomic E-state index is 13.4. The van der Waals surface area contributed by atoms with Gasteiger partial charge in [-0.15, -0.1) is 0 Å². The summed E-state index contributed by atoms with van der Waals surface area (Å²) in [7, 11) is 6.45. The molecule has 1 aromatic carbocycles.